The highest BCUT2D eigenvalue weighted by atomic mass is 31.3. The van der Waals surface area contributed by atoms with Crippen LogP contribution in [0.4, 0.5) is 0 Å². The third-order valence-corrected chi connectivity index (χ3v) is 6.07. The van der Waals surface area contributed by atoms with E-state index in [0.717, 1.165) is 0 Å². The van der Waals surface area contributed by atoms with Crippen LogP contribution in [-0.2, 0) is 27.3 Å². The second-order valence-corrected chi connectivity index (χ2v) is 7.61. The molecule has 3 unspecified atom stereocenters. The van der Waals surface area contributed by atoms with E-state index in [1.807, 2.05) is 0 Å². The first-order chi connectivity index (χ1) is 8.99. The topological polar surface area (TPSA) is 112 Å². The van der Waals surface area contributed by atoms with Gasteiger partial charge in [0.1, 0.15) is 6.29 Å². The van der Waals surface area contributed by atoms with Gasteiger partial charge in [0.2, 0.25) is 18.1 Å². The van der Waals surface area contributed by atoms with Crippen molar-refractivity contribution >= 4 is 38.3 Å². The van der Waals surface area contributed by atoms with Crippen molar-refractivity contribution in [1.82, 2.24) is 0 Å². The lowest BCUT2D eigenvalue weighted by Gasteiger charge is -2.18. The van der Waals surface area contributed by atoms with E-state index in [0.29, 0.717) is 6.29 Å². The zero-order valence-corrected chi connectivity index (χ0v) is 13.5. The fourth-order valence-corrected chi connectivity index (χ4v) is 4.63. The van der Waals surface area contributed by atoms with Gasteiger partial charge in [0.15, 0.2) is 6.16 Å². The van der Waals surface area contributed by atoms with Crippen molar-refractivity contribution in [2.24, 2.45) is 5.92 Å². The van der Waals surface area contributed by atoms with Crippen LogP contribution < -0.4 is 0 Å². The molecule has 112 valence electrons. The van der Waals surface area contributed by atoms with Crippen molar-refractivity contribution in [3.63, 3.8) is 0 Å². The van der Waals surface area contributed by atoms with E-state index < -0.39 is 37.9 Å². The minimum absolute atomic E-state index is 0.0933. The van der Waals surface area contributed by atoms with Crippen molar-refractivity contribution in [1.29, 1.82) is 0 Å². The first kappa shape index (κ1) is 19.2. The van der Waals surface area contributed by atoms with Crippen molar-refractivity contribution in [3.05, 3.63) is 0 Å². The number of rotatable bonds is 12. The summed E-state index contributed by atoms with van der Waals surface area (Å²) in [5.41, 5.74) is 0. The summed E-state index contributed by atoms with van der Waals surface area (Å²) in [6.45, 7) is 0. The third kappa shape index (κ3) is 8.90. The van der Waals surface area contributed by atoms with Crippen LogP contribution in [-0.4, -0.2) is 42.6 Å². The molecule has 0 bridgehead atoms. The van der Waals surface area contributed by atoms with E-state index in [1.165, 1.54) is 14.2 Å². The number of carboxylic acids is 1. The van der Waals surface area contributed by atoms with Gasteiger partial charge in [0.25, 0.3) is 0 Å². The highest BCUT2D eigenvalue weighted by molar-refractivity contribution is 7.68. The van der Waals surface area contributed by atoms with Gasteiger partial charge in [-0.15, -0.1) is 8.62 Å². The average molecular weight is 335 g/mol. The van der Waals surface area contributed by atoms with Crippen LogP contribution in [0.2, 0.25) is 0 Å². The molecule has 0 aliphatic rings. The predicted molar refractivity (Wildman–Crippen MR) is 73.2 cm³/mol. The van der Waals surface area contributed by atoms with Gasteiger partial charge < -0.3 is 18.9 Å². The Morgan fingerprint density at radius 2 is 1.84 bits per heavy atom. The number of carbonyl (C=O) groups excluding carboxylic acids is 1. The molecule has 0 heterocycles. The number of aldehydes is 1. The van der Waals surface area contributed by atoms with Gasteiger partial charge in [-0.2, -0.15) is 4.89 Å². The summed E-state index contributed by atoms with van der Waals surface area (Å²) in [5, 5.41) is 9.04. The molecule has 0 aliphatic heterocycles. The maximum absolute atomic E-state index is 11.1. The van der Waals surface area contributed by atoms with Crippen molar-refractivity contribution in [2.75, 3.05) is 20.4 Å². The SMILES string of the molecule is COPO[P+](O)(CC(CCC=O)C(=O)O)OPOC. The first-order valence-electron chi connectivity index (χ1n) is 5.19. The van der Waals surface area contributed by atoms with Crippen molar-refractivity contribution in [3.8, 4) is 0 Å². The zero-order valence-electron chi connectivity index (χ0n) is 10.6. The molecular formula is C8H18O8P3+. The maximum atomic E-state index is 11.1. The van der Waals surface area contributed by atoms with Gasteiger partial charge in [-0.1, -0.05) is 0 Å². The van der Waals surface area contributed by atoms with E-state index in [-0.39, 0.29) is 19.0 Å². The average Bonchev–Trinajstić information content (AvgIpc) is 2.39. The number of carbonyl (C=O) groups is 2. The molecule has 3 atom stereocenters. The largest absolute Gasteiger partial charge is 0.481 e. The van der Waals surface area contributed by atoms with E-state index in [9.17, 15) is 14.5 Å². The summed E-state index contributed by atoms with van der Waals surface area (Å²) in [7, 11) is -1.55. The van der Waals surface area contributed by atoms with Gasteiger partial charge in [-0.25, -0.2) is 0 Å². The van der Waals surface area contributed by atoms with Crippen LogP contribution in [0.3, 0.4) is 0 Å². The highest BCUT2D eigenvalue weighted by Crippen LogP contribution is 2.65. The molecule has 8 nitrogen and oxygen atoms in total. The molecule has 0 rings (SSSR count). The normalized spacial score (nSPS) is 17.0. The van der Waals surface area contributed by atoms with Gasteiger partial charge in [-0.05, 0) is 6.42 Å². The van der Waals surface area contributed by atoms with Gasteiger partial charge in [0.05, 0.1) is 5.92 Å². The van der Waals surface area contributed by atoms with Crippen LogP contribution in [0.15, 0.2) is 0 Å². The lowest BCUT2D eigenvalue weighted by Crippen LogP contribution is -2.20. The Labute approximate surface area is 115 Å². The summed E-state index contributed by atoms with van der Waals surface area (Å²) < 4.78 is 19.5. The monoisotopic (exact) mass is 335 g/mol. The summed E-state index contributed by atoms with van der Waals surface area (Å²) >= 11 is 0. The molecule has 0 fully saturated rings. The summed E-state index contributed by atoms with van der Waals surface area (Å²) in [4.78, 5) is 31.5. The smallest absolute Gasteiger partial charge is 0.420 e. The molecule has 0 aromatic heterocycles. The fourth-order valence-electron chi connectivity index (χ4n) is 1.12. The quantitative estimate of drug-likeness (QED) is 0.410. The highest BCUT2D eigenvalue weighted by Gasteiger charge is 2.46. The molecule has 0 aliphatic carbocycles. The molecule has 0 aromatic carbocycles. The van der Waals surface area contributed by atoms with E-state index in [4.69, 9.17) is 22.8 Å². The van der Waals surface area contributed by atoms with Crippen LogP contribution in [0.25, 0.3) is 0 Å². The second kappa shape index (κ2) is 11.0. The predicted octanol–water partition coefficient (Wildman–Crippen LogP) is 1.76. The van der Waals surface area contributed by atoms with Crippen molar-refractivity contribution < 1.29 is 37.3 Å². The minimum atomic E-state index is -3.37. The van der Waals surface area contributed by atoms with Gasteiger partial charge >= 0.3 is 13.9 Å². The summed E-state index contributed by atoms with van der Waals surface area (Å²) in [6.07, 6.45) is 0.613. The number of carboxylic acid groups (broad SMARTS) is 1. The molecule has 0 amide bonds. The lowest BCUT2D eigenvalue weighted by atomic mass is 10.1. The standard InChI is InChI=1S/C8H17O8P3/c1-13-17-15-19(12,16-18-14-2)6-7(8(10)11)4-3-5-9/h5,7,12,17-18H,3-4,6H2,1-2H3/p+1. The number of aliphatic carboxylic acids is 1. The zero-order chi connectivity index (χ0) is 14.7. The molecule has 11 heteroatoms. The van der Waals surface area contributed by atoms with Crippen LogP contribution in [0, 0.1) is 5.92 Å². The van der Waals surface area contributed by atoms with Crippen molar-refractivity contribution in [2.45, 2.75) is 12.8 Å². The Balaban J connectivity index is 4.62. The Kier molecular flexibility index (Phi) is 11.1. The Bertz CT molecular complexity index is 269. The second-order valence-electron chi connectivity index (χ2n) is 3.36. The van der Waals surface area contributed by atoms with E-state index in [2.05, 4.69) is 0 Å². The maximum Gasteiger partial charge on any atom is 0.420 e. The molecule has 0 spiro atoms. The Morgan fingerprint density at radius 1 is 1.32 bits per heavy atom. The van der Waals surface area contributed by atoms with Crippen LogP contribution >= 0.6 is 26.0 Å². The number of hydrogen-bond acceptors (Lipinski definition) is 7. The molecule has 19 heavy (non-hydrogen) atoms. The lowest BCUT2D eigenvalue weighted by molar-refractivity contribution is -0.141. The van der Waals surface area contributed by atoms with E-state index >= 15 is 0 Å². The van der Waals surface area contributed by atoms with E-state index in [1.54, 1.807) is 0 Å². The molecule has 2 N–H and O–H groups in total. The molecular weight excluding hydrogens is 317 g/mol. The Morgan fingerprint density at radius 3 is 2.21 bits per heavy atom. The molecule has 0 radical (unpaired) electrons. The summed E-state index contributed by atoms with van der Waals surface area (Å²) in [5.74, 6) is -2.04. The van der Waals surface area contributed by atoms with Crippen LogP contribution in [0.1, 0.15) is 12.8 Å². The van der Waals surface area contributed by atoms with Crippen LogP contribution in [0.5, 0.6) is 0 Å². The summed E-state index contributed by atoms with van der Waals surface area (Å²) in [6, 6.07) is 0. The van der Waals surface area contributed by atoms with Gasteiger partial charge in [0, 0.05) is 20.6 Å². The fraction of sp³-hybridized carbons (Fsp3) is 0.750. The number of hydrogen-bond donors (Lipinski definition) is 2. The minimum Gasteiger partial charge on any atom is -0.481 e. The third-order valence-electron chi connectivity index (χ3n) is 1.96. The molecule has 0 saturated heterocycles. The Hall–Kier alpha value is 0.230. The molecule has 0 saturated carbocycles. The van der Waals surface area contributed by atoms with Gasteiger partial charge in [-0.3, -0.25) is 4.79 Å². The first-order valence-corrected chi connectivity index (χ1v) is 8.59. The molecule has 0 aromatic rings.